The van der Waals surface area contributed by atoms with Crippen molar-refractivity contribution in [3.8, 4) is 0 Å². The first-order chi connectivity index (χ1) is 9.86. The first-order valence-corrected chi connectivity index (χ1v) is 6.25. The van der Waals surface area contributed by atoms with Gasteiger partial charge in [-0.15, -0.1) is 0 Å². The maximum absolute atomic E-state index is 11.4. The fraction of sp³-hybridized carbons (Fsp3) is 0.385. The largest absolute Gasteiger partial charge is 0.463 e. The van der Waals surface area contributed by atoms with E-state index in [-0.39, 0.29) is 17.5 Å². The minimum absolute atomic E-state index is 0.0124. The SMILES string of the molecule is COC(=O)c1ccc(C(C)n2nc(C)c([N+](=O)[O-])c2C)o1. The average Bonchev–Trinajstić information content (AvgIpc) is 3.02. The van der Waals surface area contributed by atoms with Crippen molar-refractivity contribution < 1.29 is 18.9 Å². The Bertz CT molecular complexity index is 701. The third kappa shape index (κ3) is 2.51. The van der Waals surface area contributed by atoms with Gasteiger partial charge in [-0.25, -0.2) is 4.79 Å². The number of furan rings is 1. The van der Waals surface area contributed by atoms with Crippen LogP contribution in [0.25, 0.3) is 0 Å². The lowest BCUT2D eigenvalue weighted by atomic mass is 10.2. The lowest BCUT2D eigenvalue weighted by Gasteiger charge is -2.10. The van der Waals surface area contributed by atoms with Gasteiger partial charge in [0.05, 0.1) is 12.0 Å². The molecular formula is C13H15N3O5. The summed E-state index contributed by atoms with van der Waals surface area (Å²) in [6, 6.07) is 2.74. The number of hydrogen-bond donors (Lipinski definition) is 0. The number of aromatic nitrogens is 2. The van der Waals surface area contributed by atoms with Gasteiger partial charge in [-0.3, -0.25) is 14.8 Å². The van der Waals surface area contributed by atoms with Crippen molar-refractivity contribution in [3.63, 3.8) is 0 Å². The summed E-state index contributed by atoms with van der Waals surface area (Å²) in [7, 11) is 1.26. The Morgan fingerprint density at radius 1 is 1.48 bits per heavy atom. The molecule has 0 saturated heterocycles. The van der Waals surface area contributed by atoms with Crippen molar-refractivity contribution in [2.24, 2.45) is 0 Å². The van der Waals surface area contributed by atoms with Crippen molar-refractivity contribution in [1.29, 1.82) is 0 Å². The van der Waals surface area contributed by atoms with Crippen LogP contribution in [-0.2, 0) is 4.74 Å². The van der Waals surface area contributed by atoms with E-state index < -0.39 is 10.9 Å². The van der Waals surface area contributed by atoms with Crippen LogP contribution >= 0.6 is 0 Å². The molecular weight excluding hydrogens is 278 g/mol. The molecule has 0 radical (unpaired) electrons. The number of rotatable bonds is 4. The molecule has 0 aliphatic carbocycles. The van der Waals surface area contributed by atoms with E-state index in [1.165, 1.54) is 17.9 Å². The van der Waals surface area contributed by atoms with Crippen LogP contribution in [0.4, 0.5) is 5.69 Å². The van der Waals surface area contributed by atoms with E-state index in [1.54, 1.807) is 26.8 Å². The zero-order valence-electron chi connectivity index (χ0n) is 12.1. The highest BCUT2D eigenvalue weighted by Gasteiger charge is 2.26. The molecule has 0 aliphatic heterocycles. The van der Waals surface area contributed by atoms with E-state index in [0.717, 1.165) is 0 Å². The normalized spacial score (nSPS) is 12.2. The summed E-state index contributed by atoms with van der Waals surface area (Å²) in [6.45, 7) is 4.98. The summed E-state index contributed by atoms with van der Waals surface area (Å²) >= 11 is 0. The first-order valence-electron chi connectivity index (χ1n) is 6.25. The number of esters is 1. The standard InChI is InChI=1S/C13H15N3O5/c1-7-12(16(18)19)9(3)15(14-7)8(2)10-5-6-11(21-10)13(17)20-4/h5-6,8H,1-4H3. The Hall–Kier alpha value is -2.64. The maximum atomic E-state index is 11.4. The summed E-state index contributed by atoms with van der Waals surface area (Å²) < 4.78 is 11.5. The Kier molecular flexibility index (Phi) is 3.79. The smallest absolute Gasteiger partial charge is 0.373 e. The maximum Gasteiger partial charge on any atom is 0.373 e. The number of carbonyl (C=O) groups is 1. The summed E-state index contributed by atoms with van der Waals surface area (Å²) in [4.78, 5) is 21.9. The van der Waals surface area contributed by atoms with Gasteiger partial charge in [-0.1, -0.05) is 0 Å². The predicted octanol–water partition coefficient (Wildman–Crippen LogP) is 2.40. The van der Waals surface area contributed by atoms with Gasteiger partial charge in [0.1, 0.15) is 23.2 Å². The number of methoxy groups -OCH3 is 1. The molecule has 0 spiro atoms. The van der Waals surface area contributed by atoms with Crippen molar-refractivity contribution in [2.45, 2.75) is 26.8 Å². The number of hydrogen-bond acceptors (Lipinski definition) is 6. The fourth-order valence-electron chi connectivity index (χ4n) is 2.20. The second-order valence-electron chi connectivity index (χ2n) is 4.59. The molecule has 2 heterocycles. The minimum atomic E-state index is -0.576. The van der Waals surface area contributed by atoms with Crippen LogP contribution in [0, 0.1) is 24.0 Å². The average molecular weight is 293 g/mol. The summed E-state index contributed by atoms with van der Waals surface area (Å²) in [5.41, 5.74) is 0.756. The van der Waals surface area contributed by atoms with E-state index in [4.69, 9.17) is 4.42 Å². The Morgan fingerprint density at radius 3 is 2.67 bits per heavy atom. The first kappa shape index (κ1) is 14.8. The Balaban J connectivity index is 2.39. The van der Waals surface area contributed by atoms with Crippen molar-refractivity contribution in [1.82, 2.24) is 9.78 Å². The third-order valence-electron chi connectivity index (χ3n) is 3.26. The molecule has 2 aromatic heterocycles. The lowest BCUT2D eigenvalue weighted by molar-refractivity contribution is -0.386. The molecule has 0 bridgehead atoms. The molecule has 8 heteroatoms. The predicted molar refractivity (Wildman–Crippen MR) is 72.2 cm³/mol. The minimum Gasteiger partial charge on any atom is -0.463 e. The molecule has 21 heavy (non-hydrogen) atoms. The molecule has 2 aromatic rings. The molecule has 112 valence electrons. The number of nitrogens with zero attached hydrogens (tertiary/aromatic N) is 3. The molecule has 0 aliphatic rings. The quantitative estimate of drug-likeness (QED) is 0.487. The van der Waals surface area contributed by atoms with Crippen LogP contribution in [-0.4, -0.2) is 27.8 Å². The van der Waals surface area contributed by atoms with Gasteiger partial charge >= 0.3 is 11.7 Å². The highest BCUT2D eigenvalue weighted by molar-refractivity contribution is 5.86. The van der Waals surface area contributed by atoms with Gasteiger partial charge in [0, 0.05) is 0 Å². The van der Waals surface area contributed by atoms with E-state index in [1.807, 2.05) is 0 Å². The molecule has 0 fully saturated rings. The van der Waals surface area contributed by atoms with Crippen LogP contribution in [0.2, 0.25) is 0 Å². The number of nitro groups is 1. The van der Waals surface area contributed by atoms with E-state index >= 15 is 0 Å². The number of ether oxygens (including phenoxy) is 1. The summed E-state index contributed by atoms with van der Waals surface area (Å²) in [6.07, 6.45) is 0. The second-order valence-corrected chi connectivity index (χ2v) is 4.59. The van der Waals surface area contributed by atoms with Crippen LogP contribution in [0.5, 0.6) is 0 Å². The zero-order chi connectivity index (χ0) is 15.7. The Morgan fingerprint density at radius 2 is 2.14 bits per heavy atom. The van der Waals surface area contributed by atoms with E-state index in [2.05, 4.69) is 9.84 Å². The highest BCUT2D eigenvalue weighted by atomic mass is 16.6. The number of aryl methyl sites for hydroxylation is 1. The lowest BCUT2D eigenvalue weighted by Crippen LogP contribution is -2.10. The van der Waals surface area contributed by atoms with Crippen LogP contribution < -0.4 is 0 Å². The molecule has 0 N–H and O–H groups in total. The topological polar surface area (TPSA) is 100 Å². The van der Waals surface area contributed by atoms with Crippen LogP contribution in [0.15, 0.2) is 16.5 Å². The second kappa shape index (κ2) is 5.39. The van der Waals surface area contributed by atoms with Gasteiger partial charge in [0.25, 0.3) is 0 Å². The number of carbonyl (C=O) groups excluding carboxylic acids is 1. The van der Waals surface area contributed by atoms with E-state index in [9.17, 15) is 14.9 Å². The molecule has 0 aromatic carbocycles. The molecule has 8 nitrogen and oxygen atoms in total. The van der Waals surface area contributed by atoms with Gasteiger partial charge < -0.3 is 9.15 Å². The summed E-state index contributed by atoms with van der Waals surface area (Å²) in [5, 5.41) is 15.2. The molecule has 0 saturated carbocycles. The van der Waals surface area contributed by atoms with Gasteiger partial charge in [0.15, 0.2) is 0 Å². The molecule has 0 amide bonds. The third-order valence-corrected chi connectivity index (χ3v) is 3.26. The molecule has 1 unspecified atom stereocenters. The highest BCUT2D eigenvalue weighted by Crippen LogP contribution is 2.28. The van der Waals surface area contributed by atoms with Gasteiger partial charge in [-0.2, -0.15) is 5.10 Å². The van der Waals surface area contributed by atoms with Crippen molar-refractivity contribution in [3.05, 3.63) is 45.2 Å². The monoisotopic (exact) mass is 293 g/mol. The molecule has 2 rings (SSSR count). The van der Waals surface area contributed by atoms with Gasteiger partial charge in [0.2, 0.25) is 5.76 Å². The van der Waals surface area contributed by atoms with Crippen LogP contribution in [0.1, 0.15) is 40.7 Å². The van der Waals surface area contributed by atoms with Gasteiger partial charge in [-0.05, 0) is 32.9 Å². The molecule has 1 atom stereocenters. The fourth-order valence-corrected chi connectivity index (χ4v) is 2.20. The Labute approximate surface area is 120 Å². The van der Waals surface area contributed by atoms with Crippen molar-refractivity contribution >= 4 is 11.7 Å². The van der Waals surface area contributed by atoms with Crippen LogP contribution in [0.3, 0.4) is 0 Å². The summed E-state index contributed by atoms with van der Waals surface area (Å²) in [5.74, 6) is -0.0286. The van der Waals surface area contributed by atoms with E-state index in [0.29, 0.717) is 17.1 Å². The zero-order valence-corrected chi connectivity index (χ0v) is 12.1. The van der Waals surface area contributed by atoms with Crippen molar-refractivity contribution in [2.75, 3.05) is 7.11 Å².